The van der Waals surface area contributed by atoms with Crippen molar-refractivity contribution in [2.24, 2.45) is 0 Å². The molecule has 0 saturated carbocycles. The molecule has 2 N–H and O–H groups in total. The summed E-state index contributed by atoms with van der Waals surface area (Å²) in [4.78, 5) is 2.23. The molecule has 0 unspecified atom stereocenters. The summed E-state index contributed by atoms with van der Waals surface area (Å²) in [5.74, 6) is 0.477. The van der Waals surface area contributed by atoms with Crippen LogP contribution < -0.4 is 10.1 Å². The van der Waals surface area contributed by atoms with Crippen molar-refractivity contribution in [2.45, 2.75) is 12.2 Å². The summed E-state index contributed by atoms with van der Waals surface area (Å²) >= 11 is 11.9. The fourth-order valence-electron chi connectivity index (χ4n) is 2.23. The molecule has 0 radical (unpaired) electrons. The number of nitrogens with zero attached hydrogens (tertiary/aromatic N) is 1. The fraction of sp³-hybridized carbons (Fsp3) is 0.600. The van der Waals surface area contributed by atoms with Gasteiger partial charge in [-0.1, -0.05) is 23.2 Å². The molecule has 5 nitrogen and oxygen atoms in total. The van der Waals surface area contributed by atoms with Crippen LogP contribution in [0.4, 0.5) is 0 Å². The van der Waals surface area contributed by atoms with Crippen LogP contribution in [0.2, 0.25) is 10.0 Å². The molecule has 1 aromatic carbocycles. The molecule has 22 heavy (non-hydrogen) atoms. The minimum absolute atomic E-state index is 0.151. The summed E-state index contributed by atoms with van der Waals surface area (Å²) in [7, 11) is 2.08. The van der Waals surface area contributed by atoms with E-state index in [2.05, 4.69) is 17.3 Å². The van der Waals surface area contributed by atoms with Gasteiger partial charge in [-0.2, -0.15) is 0 Å². The highest BCUT2D eigenvalue weighted by Crippen LogP contribution is 2.27. The van der Waals surface area contributed by atoms with Crippen LogP contribution >= 0.6 is 23.2 Å². The average molecular weight is 349 g/mol. The molecule has 2 rings (SSSR count). The van der Waals surface area contributed by atoms with E-state index in [9.17, 15) is 5.11 Å². The van der Waals surface area contributed by atoms with Crippen LogP contribution in [0.5, 0.6) is 5.75 Å². The van der Waals surface area contributed by atoms with Crippen LogP contribution in [0, 0.1) is 0 Å². The Bertz CT molecular complexity index is 476. The Morgan fingerprint density at radius 2 is 2.32 bits per heavy atom. The lowest BCUT2D eigenvalue weighted by molar-refractivity contribution is -0.0196. The third kappa shape index (κ3) is 5.91. The molecule has 1 heterocycles. The molecular formula is C15H22Cl2N2O3. The number of aliphatic hydroxyl groups is 1. The Hall–Kier alpha value is -0.560. The van der Waals surface area contributed by atoms with E-state index in [4.69, 9.17) is 32.7 Å². The van der Waals surface area contributed by atoms with Crippen LogP contribution in [0.1, 0.15) is 0 Å². The molecule has 0 amide bonds. The van der Waals surface area contributed by atoms with E-state index in [0.717, 1.165) is 19.7 Å². The van der Waals surface area contributed by atoms with Crippen LogP contribution in [-0.2, 0) is 4.74 Å². The van der Waals surface area contributed by atoms with Crippen molar-refractivity contribution in [1.29, 1.82) is 0 Å². The zero-order valence-corrected chi connectivity index (χ0v) is 14.1. The van der Waals surface area contributed by atoms with E-state index in [1.165, 1.54) is 0 Å². The van der Waals surface area contributed by atoms with Crippen molar-refractivity contribution < 1.29 is 14.6 Å². The van der Waals surface area contributed by atoms with Crippen molar-refractivity contribution in [3.63, 3.8) is 0 Å². The van der Waals surface area contributed by atoms with Crippen molar-refractivity contribution in [3.05, 3.63) is 28.2 Å². The van der Waals surface area contributed by atoms with E-state index in [-0.39, 0.29) is 12.7 Å². The number of aliphatic hydroxyl groups excluding tert-OH is 1. The van der Waals surface area contributed by atoms with Crippen LogP contribution in [-0.4, -0.2) is 68.7 Å². The standard InChI is InChI=1S/C15H22Cl2N2O3/c1-19-4-5-21-13(9-19)8-18-7-12(20)10-22-15-6-11(16)2-3-14(15)17/h2-3,6,12-13,18,20H,4-5,7-10H2,1H3/t12-,13+/m1/s1. The van der Waals surface area contributed by atoms with Crippen LogP contribution in [0.25, 0.3) is 0 Å². The molecule has 7 heteroatoms. The molecule has 0 bridgehead atoms. The first-order valence-electron chi connectivity index (χ1n) is 7.31. The Balaban J connectivity index is 1.65. The molecule has 124 valence electrons. The number of morpholine rings is 1. The molecule has 1 fully saturated rings. The topological polar surface area (TPSA) is 54.0 Å². The Labute approximate surface area is 141 Å². The van der Waals surface area contributed by atoms with Crippen molar-refractivity contribution in [2.75, 3.05) is 46.4 Å². The molecule has 1 aliphatic heterocycles. The second-order valence-corrected chi connectivity index (χ2v) is 6.30. The lowest BCUT2D eigenvalue weighted by Gasteiger charge is -2.30. The Kier molecular flexibility index (Phi) is 7.21. The van der Waals surface area contributed by atoms with Crippen molar-refractivity contribution in [1.82, 2.24) is 10.2 Å². The van der Waals surface area contributed by atoms with Crippen molar-refractivity contribution >= 4 is 23.2 Å². The van der Waals surface area contributed by atoms with Gasteiger partial charge in [0.1, 0.15) is 18.5 Å². The van der Waals surface area contributed by atoms with Gasteiger partial charge in [0.2, 0.25) is 0 Å². The lowest BCUT2D eigenvalue weighted by Crippen LogP contribution is -2.46. The normalized spacial score (nSPS) is 20.8. The predicted molar refractivity (Wildman–Crippen MR) is 88.1 cm³/mol. The molecule has 0 aliphatic carbocycles. The van der Waals surface area contributed by atoms with Gasteiger partial charge < -0.3 is 24.8 Å². The molecule has 0 spiro atoms. The summed E-state index contributed by atoms with van der Waals surface area (Å²) < 4.78 is 11.1. The molecule has 1 aromatic rings. The highest BCUT2D eigenvalue weighted by molar-refractivity contribution is 6.34. The Morgan fingerprint density at radius 3 is 3.09 bits per heavy atom. The minimum atomic E-state index is -0.628. The first kappa shape index (κ1) is 17.8. The van der Waals surface area contributed by atoms with Gasteiger partial charge in [0.25, 0.3) is 0 Å². The van der Waals surface area contributed by atoms with Gasteiger partial charge in [-0.25, -0.2) is 0 Å². The lowest BCUT2D eigenvalue weighted by atomic mass is 10.2. The summed E-state index contributed by atoms with van der Waals surface area (Å²) in [6.07, 6.45) is -0.467. The van der Waals surface area contributed by atoms with E-state index < -0.39 is 6.10 Å². The summed E-state index contributed by atoms with van der Waals surface area (Å²) in [6, 6.07) is 4.99. The van der Waals surface area contributed by atoms with Gasteiger partial charge in [-0.05, 0) is 19.2 Å². The highest BCUT2D eigenvalue weighted by atomic mass is 35.5. The maximum atomic E-state index is 9.94. The SMILES string of the molecule is CN1CCO[C@@H](CNC[C@@H](O)COc2cc(Cl)ccc2Cl)C1. The van der Waals surface area contributed by atoms with Gasteiger partial charge in [0.05, 0.1) is 17.7 Å². The van der Waals surface area contributed by atoms with Gasteiger partial charge >= 0.3 is 0 Å². The number of halogens is 2. The second kappa shape index (κ2) is 8.91. The minimum Gasteiger partial charge on any atom is -0.489 e. The van der Waals surface area contributed by atoms with Crippen LogP contribution in [0.3, 0.4) is 0 Å². The number of hydrogen-bond acceptors (Lipinski definition) is 5. The predicted octanol–water partition coefficient (Wildman–Crippen LogP) is 1.65. The zero-order chi connectivity index (χ0) is 15.9. The van der Waals surface area contributed by atoms with E-state index >= 15 is 0 Å². The summed E-state index contributed by atoms with van der Waals surface area (Å²) in [5.41, 5.74) is 0. The van der Waals surface area contributed by atoms with E-state index in [1.807, 2.05) is 0 Å². The summed E-state index contributed by atoms with van der Waals surface area (Å²) in [5, 5.41) is 14.2. The maximum absolute atomic E-state index is 9.94. The number of benzene rings is 1. The number of likely N-dealkylation sites (N-methyl/N-ethyl adjacent to an activating group) is 1. The molecule has 1 saturated heterocycles. The van der Waals surface area contributed by atoms with Gasteiger partial charge in [-0.3, -0.25) is 0 Å². The molecule has 0 aromatic heterocycles. The first-order valence-corrected chi connectivity index (χ1v) is 8.07. The number of rotatable bonds is 7. The fourth-order valence-corrected chi connectivity index (χ4v) is 2.57. The molecule has 1 aliphatic rings. The smallest absolute Gasteiger partial charge is 0.139 e. The Morgan fingerprint density at radius 1 is 1.50 bits per heavy atom. The quantitative estimate of drug-likeness (QED) is 0.784. The van der Waals surface area contributed by atoms with Gasteiger partial charge in [0, 0.05) is 37.3 Å². The first-order chi connectivity index (χ1) is 10.5. The second-order valence-electron chi connectivity index (χ2n) is 5.45. The largest absolute Gasteiger partial charge is 0.489 e. The monoisotopic (exact) mass is 348 g/mol. The van der Waals surface area contributed by atoms with Crippen LogP contribution in [0.15, 0.2) is 18.2 Å². The third-order valence-electron chi connectivity index (χ3n) is 3.42. The number of nitrogens with one attached hydrogen (secondary N) is 1. The maximum Gasteiger partial charge on any atom is 0.139 e. The molecule has 2 atom stereocenters. The highest BCUT2D eigenvalue weighted by Gasteiger charge is 2.17. The zero-order valence-electron chi connectivity index (χ0n) is 12.6. The van der Waals surface area contributed by atoms with E-state index in [1.54, 1.807) is 18.2 Å². The van der Waals surface area contributed by atoms with Gasteiger partial charge in [0.15, 0.2) is 0 Å². The number of hydrogen-bond donors (Lipinski definition) is 2. The van der Waals surface area contributed by atoms with Crippen molar-refractivity contribution in [3.8, 4) is 5.75 Å². The summed E-state index contributed by atoms with van der Waals surface area (Å²) in [6.45, 7) is 3.91. The third-order valence-corrected chi connectivity index (χ3v) is 3.97. The number of ether oxygens (including phenoxy) is 2. The molecular weight excluding hydrogens is 327 g/mol. The van der Waals surface area contributed by atoms with E-state index in [0.29, 0.717) is 28.9 Å². The average Bonchev–Trinajstić information content (AvgIpc) is 2.48. The van der Waals surface area contributed by atoms with Gasteiger partial charge in [-0.15, -0.1) is 0 Å².